The average Bonchev–Trinajstić information content (AvgIpc) is 3.21. The molecule has 3 aromatic rings. The van der Waals surface area contributed by atoms with Gasteiger partial charge in [0, 0.05) is 13.0 Å². The molecule has 156 valence electrons. The lowest BCUT2D eigenvalue weighted by molar-refractivity contribution is -0.0136. The van der Waals surface area contributed by atoms with E-state index >= 15 is 0 Å². The highest BCUT2D eigenvalue weighted by Gasteiger charge is 2.26. The monoisotopic (exact) mass is 428 g/mol. The van der Waals surface area contributed by atoms with Crippen molar-refractivity contribution >= 4 is 22.5 Å². The molecule has 7 nitrogen and oxygen atoms in total. The van der Waals surface area contributed by atoms with Crippen molar-refractivity contribution in [1.29, 1.82) is 0 Å². The average molecular weight is 428 g/mol. The predicted octanol–water partition coefficient (Wildman–Crippen LogP) is 3.88. The highest BCUT2D eigenvalue weighted by Crippen LogP contribution is 2.24. The van der Waals surface area contributed by atoms with E-state index in [1.165, 1.54) is 23.5 Å². The van der Waals surface area contributed by atoms with Gasteiger partial charge in [0.15, 0.2) is 0 Å². The van der Waals surface area contributed by atoms with Crippen molar-refractivity contribution in [3.8, 4) is 5.75 Å². The number of hydrogen-bond donors (Lipinski definition) is 1. The Morgan fingerprint density at radius 2 is 2.13 bits per heavy atom. The van der Waals surface area contributed by atoms with Crippen LogP contribution in [-0.4, -0.2) is 47.9 Å². The van der Waals surface area contributed by atoms with Gasteiger partial charge in [-0.05, 0) is 35.4 Å². The van der Waals surface area contributed by atoms with Crippen LogP contribution in [0.2, 0.25) is 0 Å². The topological polar surface area (TPSA) is 76.6 Å². The summed E-state index contributed by atoms with van der Waals surface area (Å²) in [5.74, 6) is 0.474. The number of benzene rings is 2. The van der Waals surface area contributed by atoms with Crippen molar-refractivity contribution in [2.45, 2.75) is 12.5 Å². The van der Waals surface area contributed by atoms with Crippen LogP contribution in [-0.2, 0) is 11.2 Å². The van der Waals surface area contributed by atoms with Crippen LogP contribution in [0.3, 0.4) is 0 Å². The van der Waals surface area contributed by atoms with Crippen molar-refractivity contribution in [2.24, 2.45) is 0 Å². The number of methoxy groups -OCH3 is 1. The molecule has 1 aliphatic heterocycles. The van der Waals surface area contributed by atoms with Gasteiger partial charge in [-0.1, -0.05) is 35.6 Å². The van der Waals surface area contributed by atoms with Gasteiger partial charge in [0.2, 0.25) is 5.13 Å². The van der Waals surface area contributed by atoms with Crippen molar-refractivity contribution in [1.82, 2.24) is 15.1 Å². The fourth-order valence-corrected chi connectivity index (χ4v) is 3.97. The molecule has 0 bridgehead atoms. The summed E-state index contributed by atoms with van der Waals surface area (Å²) < 4.78 is 24.4. The van der Waals surface area contributed by atoms with Crippen molar-refractivity contribution in [2.75, 3.05) is 32.1 Å². The fourth-order valence-electron chi connectivity index (χ4n) is 3.21. The molecule has 1 atom stereocenters. The number of halogens is 1. The zero-order valence-electron chi connectivity index (χ0n) is 16.4. The fraction of sp³-hybridized carbons (Fsp3) is 0.286. The van der Waals surface area contributed by atoms with E-state index in [1.54, 1.807) is 24.1 Å². The van der Waals surface area contributed by atoms with Crippen LogP contribution in [0.15, 0.2) is 48.5 Å². The number of amides is 2. The van der Waals surface area contributed by atoms with Crippen LogP contribution in [0, 0.1) is 5.82 Å². The van der Waals surface area contributed by atoms with Crippen LogP contribution in [0.5, 0.6) is 5.75 Å². The highest BCUT2D eigenvalue weighted by atomic mass is 32.1. The molecule has 4 rings (SSSR count). The number of nitrogens with one attached hydrogen (secondary N) is 1. The number of morpholine rings is 1. The number of aromatic nitrogens is 2. The van der Waals surface area contributed by atoms with E-state index in [1.807, 2.05) is 24.3 Å². The lowest BCUT2D eigenvalue weighted by Crippen LogP contribution is -2.44. The second kappa shape index (κ2) is 9.19. The third kappa shape index (κ3) is 4.92. The largest absolute Gasteiger partial charge is 0.497 e. The summed E-state index contributed by atoms with van der Waals surface area (Å²) in [6.45, 7) is 1.18. The van der Waals surface area contributed by atoms with Gasteiger partial charge in [0.05, 0.1) is 20.3 Å². The number of carbonyl (C=O) groups excluding carboxylic acids is 1. The maximum Gasteiger partial charge on any atom is 0.323 e. The Labute approximate surface area is 177 Å². The predicted molar refractivity (Wildman–Crippen MR) is 111 cm³/mol. The summed E-state index contributed by atoms with van der Waals surface area (Å²) >= 11 is 1.34. The molecule has 2 aromatic carbocycles. The zero-order valence-corrected chi connectivity index (χ0v) is 17.2. The number of rotatable bonds is 5. The minimum absolute atomic E-state index is 0.271. The normalized spacial score (nSPS) is 16.3. The molecule has 0 spiro atoms. The Morgan fingerprint density at radius 3 is 2.90 bits per heavy atom. The maximum absolute atomic E-state index is 13.5. The standard InChI is InChI=1S/C21H21FN4O3S/c1-28-17-7-5-14(6-8-17)11-19-24-25-20(30-19)23-21(27)26-9-10-29-18(13-26)15-3-2-4-16(22)12-15/h2-8,12,18H,9-11,13H2,1H3,(H,23,25,27). The van der Waals surface area contributed by atoms with Crippen LogP contribution in [0.4, 0.5) is 14.3 Å². The van der Waals surface area contributed by atoms with Gasteiger partial charge in [-0.2, -0.15) is 0 Å². The quantitative estimate of drug-likeness (QED) is 0.667. The van der Waals surface area contributed by atoms with E-state index in [0.29, 0.717) is 36.8 Å². The Morgan fingerprint density at radius 1 is 1.30 bits per heavy atom. The molecule has 1 N–H and O–H groups in total. The van der Waals surface area contributed by atoms with E-state index in [2.05, 4.69) is 15.5 Å². The summed E-state index contributed by atoms with van der Waals surface area (Å²) in [4.78, 5) is 14.3. The van der Waals surface area contributed by atoms with E-state index < -0.39 is 0 Å². The summed E-state index contributed by atoms with van der Waals surface area (Å²) in [7, 11) is 1.63. The number of ether oxygens (including phenoxy) is 2. The lowest BCUT2D eigenvalue weighted by Gasteiger charge is -2.32. The first kappa shape index (κ1) is 20.2. The molecule has 0 saturated carbocycles. The number of urea groups is 1. The Kier molecular flexibility index (Phi) is 6.20. The summed E-state index contributed by atoms with van der Waals surface area (Å²) in [6.07, 6.45) is 0.261. The van der Waals surface area contributed by atoms with Gasteiger partial charge in [0.1, 0.15) is 22.7 Å². The second-order valence-corrected chi connectivity index (χ2v) is 7.88. The molecule has 0 aliphatic carbocycles. The summed E-state index contributed by atoms with van der Waals surface area (Å²) in [6, 6.07) is 13.7. The van der Waals surface area contributed by atoms with Gasteiger partial charge in [-0.15, -0.1) is 10.2 Å². The number of hydrogen-bond acceptors (Lipinski definition) is 6. The molecule has 1 fully saturated rings. The number of carbonyl (C=O) groups is 1. The molecule has 9 heteroatoms. The lowest BCUT2D eigenvalue weighted by atomic mass is 10.1. The minimum atomic E-state index is -0.361. The molecule has 2 heterocycles. The maximum atomic E-state index is 13.5. The van der Waals surface area contributed by atoms with E-state index in [0.717, 1.165) is 16.3 Å². The molecule has 1 saturated heterocycles. The summed E-state index contributed by atoms with van der Waals surface area (Å²) in [5.41, 5.74) is 1.79. The molecular weight excluding hydrogens is 407 g/mol. The van der Waals surface area contributed by atoms with Gasteiger partial charge in [-0.25, -0.2) is 9.18 Å². The van der Waals surface area contributed by atoms with Crippen LogP contribution >= 0.6 is 11.3 Å². The third-order valence-electron chi connectivity index (χ3n) is 4.77. The van der Waals surface area contributed by atoms with Gasteiger partial charge >= 0.3 is 6.03 Å². The molecule has 2 amide bonds. The van der Waals surface area contributed by atoms with Crippen molar-refractivity contribution in [3.63, 3.8) is 0 Å². The van der Waals surface area contributed by atoms with Crippen molar-refractivity contribution in [3.05, 3.63) is 70.5 Å². The van der Waals surface area contributed by atoms with Crippen LogP contribution < -0.4 is 10.1 Å². The number of anilines is 1. The van der Waals surface area contributed by atoms with Gasteiger partial charge in [-0.3, -0.25) is 5.32 Å². The van der Waals surface area contributed by atoms with Crippen LogP contribution in [0.25, 0.3) is 0 Å². The van der Waals surface area contributed by atoms with Crippen LogP contribution in [0.1, 0.15) is 22.2 Å². The molecule has 1 aromatic heterocycles. The Bertz CT molecular complexity index is 1010. The van der Waals surface area contributed by atoms with Crippen molar-refractivity contribution < 1.29 is 18.7 Å². The first-order chi connectivity index (χ1) is 14.6. The SMILES string of the molecule is COc1ccc(Cc2nnc(NC(=O)N3CCOC(c4cccc(F)c4)C3)s2)cc1. The molecule has 1 aliphatic rings. The zero-order chi connectivity index (χ0) is 20.9. The van der Waals surface area contributed by atoms with Gasteiger partial charge in [0.25, 0.3) is 0 Å². The smallest absolute Gasteiger partial charge is 0.323 e. The van der Waals surface area contributed by atoms with E-state index in [9.17, 15) is 9.18 Å². The molecule has 30 heavy (non-hydrogen) atoms. The minimum Gasteiger partial charge on any atom is -0.497 e. The first-order valence-electron chi connectivity index (χ1n) is 9.49. The molecular formula is C21H21FN4O3S. The molecule has 0 radical (unpaired) electrons. The van der Waals surface area contributed by atoms with Gasteiger partial charge < -0.3 is 14.4 Å². The Hall–Kier alpha value is -3.04. The van der Waals surface area contributed by atoms with E-state index in [-0.39, 0.29) is 18.0 Å². The van der Waals surface area contributed by atoms with E-state index in [4.69, 9.17) is 9.47 Å². The third-order valence-corrected chi connectivity index (χ3v) is 5.61. The molecule has 1 unspecified atom stereocenters. The first-order valence-corrected chi connectivity index (χ1v) is 10.3. The second-order valence-electron chi connectivity index (χ2n) is 6.82. The number of nitrogens with zero attached hydrogens (tertiary/aromatic N) is 3. The summed E-state index contributed by atoms with van der Waals surface area (Å²) in [5, 5.41) is 12.3. The Balaban J connectivity index is 1.35. The highest BCUT2D eigenvalue weighted by molar-refractivity contribution is 7.15.